The van der Waals surface area contributed by atoms with Crippen molar-refractivity contribution in [3.8, 4) is 0 Å². The number of alkyl halides is 3. The minimum Gasteiger partial charge on any atom is -0.378 e. The van der Waals surface area contributed by atoms with E-state index in [1.807, 2.05) is 23.0 Å². The van der Waals surface area contributed by atoms with Gasteiger partial charge in [0.15, 0.2) is 0 Å². The standard InChI is InChI=1S/C26H30F3N5O2/c1-2-17-6-8-19(9-7-17)34-16-18-14-22(23(15-21(18)32-34)33-10-12-36-13-11-33)31-25(35)20-4-3-5-24(30-20)26(27,28)29/h3-5,14-17,19H,2,6-13H2,1H3,(H,31,35)/t17-,19-. The summed E-state index contributed by atoms with van der Waals surface area (Å²) < 4.78 is 46.9. The molecule has 1 N–H and O–H groups in total. The van der Waals surface area contributed by atoms with Gasteiger partial charge in [0, 0.05) is 24.7 Å². The lowest BCUT2D eigenvalue weighted by Crippen LogP contribution is -2.36. The summed E-state index contributed by atoms with van der Waals surface area (Å²) in [7, 11) is 0. The molecule has 7 nitrogen and oxygen atoms in total. The first-order valence-electron chi connectivity index (χ1n) is 12.5. The summed E-state index contributed by atoms with van der Waals surface area (Å²) in [4.78, 5) is 18.6. The minimum atomic E-state index is -4.63. The van der Waals surface area contributed by atoms with E-state index in [0.717, 1.165) is 41.4 Å². The topological polar surface area (TPSA) is 72.3 Å². The third-order valence-electron chi connectivity index (χ3n) is 7.28. The normalized spacial score (nSPS) is 21.1. The maximum atomic E-state index is 13.1. The first-order valence-corrected chi connectivity index (χ1v) is 12.5. The van der Waals surface area contributed by atoms with Gasteiger partial charge in [-0.25, -0.2) is 4.98 Å². The molecule has 3 heterocycles. The number of hydrogen-bond donors (Lipinski definition) is 1. The molecule has 0 atom stereocenters. The summed E-state index contributed by atoms with van der Waals surface area (Å²) in [6, 6.07) is 7.47. The molecule has 1 aliphatic heterocycles. The Kier molecular flexibility index (Phi) is 6.87. The van der Waals surface area contributed by atoms with Gasteiger partial charge in [-0.2, -0.15) is 18.3 Å². The van der Waals surface area contributed by atoms with E-state index < -0.39 is 17.8 Å². The lowest BCUT2D eigenvalue weighted by Gasteiger charge is -2.30. The lowest BCUT2D eigenvalue weighted by molar-refractivity contribution is -0.141. The van der Waals surface area contributed by atoms with Crippen LogP contribution in [0.2, 0.25) is 0 Å². The molecule has 1 saturated carbocycles. The number of halogens is 3. The van der Waals surface area contributed by atoms with E-state index in [4.69, 9.17) is 9.84 Å². The number of aromatic nitrogens is 3. The molecule has 36 heavy (non-hydrogen) atoms. The van der Waals surface area contributed by atoms with Crippen LogP contribution in [0.5, 0.6) is 0 Å². The number of amides is 1. The van der Waals surface area contributed by atoms with Crippen LogP contribution in [0.15, 0.2) is 36.5 Å². The van der Waals surface area contributed by atoms with Gasteiger partial charge in [-0.05, 0) is 55.9 Å². The Bertz CT molecular complexity index is 1230. The second kappa shape index (κ2) is 10.1. The Morgan fingerprint density at radius 2 is 1.89 bits per heavy atom. The van der Waals surface area contributed by atoms with Gasteiger partial charge in [-0.1, -0.05) is 19.4 Å². The highest BCUT2D eigenvalue weighted by Crippen LogP contribution is 2.36. The van der Waals surface area contributed by atoms with Crippen LogP contribution in [-0.2, 0) is 10.9 Å². The van der Waals surface area contributed by atoms with Crippen molar-refractivity contribution in [1.82, 2.24) is 14.8 Å². The van der Waals surface area contributed by atoms with Crippen molar-refractivity contribution >= 4 is 28.2 Å². The predicted molar refractivity (Wildman–Crippen MR) is 131 cm³/mol. The van der Waals surface area contributed by atoms with E-state index in [-0.39, 0.29) is 5.69 Å². The maximum absolute atomic E-state index is 13.1. The molecule has 5 rings (SSSR count). The van der Waals surface area contributed by atoms with Crippen molar-refractivity contribution in [2.75, 3.05) is 36.5 Å². The van der Waals surface area contributed by atoms with Crippen molar-refractivity contribution in [1.29, 1.82) is 0 Å². The van der Waals surface area contributed by atoms with Crippen molar-refractivity contribution in [2.24, 2.45) is 5.92 Å². The zero-order valence-electron chi connectivity index (χ0n) is 20.2. The molecule has 192 valence electrons. The number of ether oxygens (including phenoxy) is 1. The zero-order chi connectivity index (χ0) is 25.3. The Morgan fingerprint density at radius 3 is 2.58 bits per heavy atom. The number of anilines is 2. The SMILES string of the molecule is CC[C@H]1CC[C@H](n2cc3cc(NC(=O)c4cccc(C(F)(F)F)n4)c(N4CCOCC4)cc3n2)CC1. The summed E-state index contributed by atoms with van der Waals surface area (Å²) in [5.74, 6) is 0.0886. The van der Waals surface area contributed by atoms with E-state index in [1.54, 1.807) is 0 Å². The van der Waals surface area contributed by atoms with E-state index in [1.165, 1.54) is 31.4 Å². The second-order valence-corrected chi connectivity index (χ2v) is 9.58. The Morgan fingerprint density at radius 1 is 1.14 bits per heavy atom. The van der Waals surface area contributed by atoms with Crippen LogP contribution < -0.4 is 10.2 Å². The molecule has 3 aromatic rings. The number of rotatable bonds is 5. The Hall–Kier alpha value is -3.14. The van der Waals surface area contributed by atoms with Crippen molar-refractivity contribution < 1.29 is 22.7 Å². The van der Waals surface area contributed by atoms with E-state index in [0.29, 0.717) is 38.0 Å². The summed E-state index contributed by atoms with van der Waals surface area (Å²) in [5, 5.41) is 8.55. The quantitative estimate of drug-likeness (QED) is 0.487. The Balaban J connectivity index is 1.46. The highest BCUT2D eigenvalue weighted by Gasteiger charge is 2.33. The first kappa shape index (κ1) is 24.5. The first-order chi connectivity index (χ1) is 17.3. The lowest BCUT2D eigenvalue weighted by atomic mass is 9.85. The fourth-order valence-electron chi connectivity index (χ4n) is 5.16. The number of morpholine rings is 1. The fourth-order valence-corrected chi connectivity index (χ4v) is 5.16. The van der Waals surface area contributed by atoms with Crippen LogP contribution in [0.25, 0.3) is 10.9 Å². The summed E-state index contributed by atoms with van der Waals surface area (Å²) in [6.45, 7) is 4.62. The minimum absolute atomic E-state index is 0.291. The molecule has 1 aromatic carbocycles. The molecule has 1 aliphatic carbocycles. The number of carbonyl (C=O) groups is 1. The molecular weight excluding hydrogens is 471 g/mol. The number of nitrogens with one attached hydrogen (secondary N) is 1. The third-order valence-corrected chi connectivity index (χ3v) is 7.28. The number of hydrogen-bond acceptors (Lipinski definition) is 5. The van der Waals surface area contributed by atoms with Gasteiger partial charge in [0.2, 0.25) is 0 Å². The Labute approximate surface area is 207 Å². The molecule has 10 heteroatoms. The number of pyridine rings is 1. The van der Waals surface area contributed by atoms with Gasteiger partial charge >= 0.3 is 6.18 Å². The van der Waals surface area contributed by atoms with E-state index in [9.17, 15) is 18.0 Å². The van der Waals surface area contributed by atoms with Crippen molar-refractivity contribution in [3.05, 3.63) is 47.9 Å². The summed E-state index contributed by atoms with van der Waals surface area (Å²) in [6.07, 6.45) is 3.16. The molecular formula is C26H30F3N5O2. The molecule has 2 aromatic heterocycles. The third kappa shape index (κ3) is 5.18. The van der Waals surface area contributed by atoms with Gasteiger partial charge in [0.1, 0.15) is 11.4 Å². The van der Waals surface area contributed by atoms with Crippen molar-refractivity contribution in [2.45, 2.75) is 51.2 Å². The van der Waals surface area contributed by atoms with Gasteiger partial charge in [0.25, 0.3) is 5.91 Å². The van der Waals surface area contributed by atoms with Gasteiger partial charge in [-0.15, -0.1) is 0 Å². The van der Waals surface area contributed by atoms with Crippen LogP contribution in [0.1, 0.15) is 61.3 Å². The van der Waals surface area contributed by atoms with Crippen LogP contribution in [0.4, 0.5) is 24.5 Å². The summed E-state index contributed by atoms with van der Waals surface area (Å²) in [5.41, 5.74) is 0.720. The van der Waals surface area contributed by atoms with Gasteiger partial charge in [-0.3, -0.25) is 9.48 Å². The van der Waals surface area contributed by atoms with Crippen LogP contribution >= 0.6 is 0 Å². The molecule has 0 bridgehead atoms. The maximum Gasteiger partial charge on any atom is 0.433 e. The molecule has 1 amide bonds. The highest BCUT2D eigenvalue weighted by atomic mass is 19.4. The molecule has 1 saturated heterocycles. The largest absolute Gasteiger partial charge is 0.433 e. The number of nitrogens with zero attached hydrogens (tertiary/aromatic N) is 4. The number of fused-ring (bicyclic) bond motifs is 1. The number of benzene rings is 1. The van der Waals surface area contributed by atoms with Gasteiger partial charge < -0.3 is 15.0 Å². The monoisotopic (exact) mass is 501 g/mol. The van der Waals surface area contributed by atoms with Crippen molar-refractivity contribution in [3.63, 3.8) is 0 Å². The highest BCUT2D eigenvalue weighted by molar-refractivity contribution is 6.06. The zero-order valence-corrected chi connectivity index (χ0v) is 20.2. The van der Waals surface area contributed by atoms with Crippen LogP contribution in [0.3, 0.4) is 0 Å². The van der Waals surface area contributed by atoms with Crippen LogP contribution in [0, 0.1) is 5.92 Å². The predicted octanol–water partition coefficient (Wildman–Crippen LogP) is 5.68. The molecule has 0 spiro atoms. The second-order valence-electron chi connectivity index (χ2n) is 9.58. The average Bonchev–Trinajstić information content (AvgIpc) is 3.31. The summed E-state index contributed by atoms with van der Waals surface area (Å²) >= 11 is 0. The van der Waals surface area contributed by atoms with E-state index in [2.05, 4.69) is 22.1 Å². The van der Waals surface area contributed by atoms with Crippen LogP contribution in [-0.4, -0.2) is 47.0 Å². The number of carbonyl (C=O) groups excluding carboxylic acids is 1. The van der Waals surface area contributed by atoms with E-state index >= 15 is 0 Å². The smallest absolute Gasteiger partial charge is 0.378 e. The molecule has 2 fully saturated rings. The van der Waals surface area contributed by atoms with Gasteiger partial charge in [0.05, 0.1) is 36.1 Å². The fraction of sp³-hybridized carbons (Fsp3) is 0.500. The molecule has 0 radical (unpaired) electrons. The molecule has 2 aliphatic rings. The average molecular weight is 502 g/mol. The molecule has 0 unspecified atom stereocenters.